The summed E-state index contributed by atoms with van der Waals surface area (Å²) in [4.78, 5) is 33.0. The van der Waals surface area contributed by atoms with Crippen molar-refractivity contribution in [2.24, 2.45) is 5.92 Å². The third kappa shape index (κ3) is 5.75. The van der Waals surface area contributed by atoms with Crippen LogP contribution < -0.4 is 9.64 Å². The van der Waals surface area contributed by atoms with Crippen molar-refractivity contribution in [2.75, 3.05) is 31.1 Å². The smallest absolute Gasteiger partial charge is 0.260 e. The van der Waals surface area contributed by atoms with Gasteiger partial charge in [-0.25, -0.2) is 0 Å². The van der Waals surface area contributed by atoms with E-state index in [1.165, 1.54) is 25.7 Å². The summed E-state index contributed by atoms with van der Waals surface area (Å²) in [5.41, 5.74) is 2.96. The largest absolute Gasteiger partial charge is 0.484 e. The van der Waals surface area contributed by atoms with E-state index >= 15 is 0 Å². The van der Waals surface area contributed by atoms with Gasteiger partial charge in [-0.3, -0.25) is 14.5 Å². The highest BCUT2D eigenvalue weighted by Crippen LogP contribution is 2.36. The van der Waals surface area contributed by atoms with Crippen molar-refractivity contribution in [2.45, 2.75) is 71.0 Å². The first-order valence-corrected chi connectivity index (χ1v) is 13.6. The third-order valence-electron chi connectivity index (χ3n) is 8.12. The van der Waals surface area contributed by atoms with Crippen molar-refractivity contribution in [3.8, 4) is 5.75 Å². The zero-order valence-electron chi connectivity index (χ0n) is 21.7. The zero-order chi connectivity index (χ0) is 25.1. The molecule has 6 nitrogen and oxygen atoms in total. The first-order valence-electron chi connectivity index (χ1n) is 13.6. The number of hydrogen-bond acceptors (Lipinski definition) is 4. The Morgan fingerprint density at radius 2 is 1.69 bits per heavy atom. The van der Waals surface area contributed by atoms with Crippen LogP contribution >= 0.6 is 0 Å². The predicted octanol–water partition coefficient (Wildman–Crippen LogP) is 4.79. The summed E-state index contributed by atoms with van der Waals surface area (Å²) >= 11 is 0. The van der Waals surface area contributed by atoms with E-state index in [1.54, 1.807) is 6.92 Å². The van der Waals surface area contributed by atoms with Crippen LogP contribution in [0.5, 0.6) is 5.75 Å². The second-order valence-electron chi connectivity index (χ2n) is 10.8. The highest BCUT2D eigenvalue weighted by atomic mass is 16.5. The van der Waals surface area contributed by atoms with Crippen LogP contribution in [0.25, 0.3) is 0 Å². The Labute approximate surface area is 215 Å². The molecule has 0 radical (unpaired) electrons. The molecule has 5 rings (SSSR count). The molecule has 192 valence electrons. The van der Waals surface area contributed by atoms with Gasteiger partial charge in [0.2, 0.25) is 5.91 Å². The zero-order valence-corrected chi connectivity index (χ0v) is 21.7. The Morgan fingerprint density at radius 3 is 2.47 bits per heavy atom. The number of fused-ring (bicyclic) bond motifs is 3. The van der Waals surface area contributed by atoms with Crippen LogP contribution in [-0.2, 0) is 16.1 Å². The van der Waals surface area contributed by atoms with Crippen LogP contribution in [0.1, 0.15) is 56.6 Å². The van der Waals surface area contributed by atoms with E-state index in [0.29, 0.717) is 25.2 Å². The lowest BCUT2D eigenvalue weighted by Crippen LogP contribution is -2.53. The molecule has 2 fully saturated rings. The van der Waals surface area contributed by atoms with Crippen LogP contribution in [0.3, 0.4) is 0 Å². The maximum absolute atomic E-state index is 13.7. The second-order valence-corrected chi connectivity index (χ2v) is 10.8. The monoisotopic (exact) mass is 489 g/mol. The van der Waals surface area contributed by atoms with E-state index in [2.05, 4.69) is 11.0 Å². The number of para-hydroxylation sites is 2. The summed E-state index contributed by atoms with van der Waals surface area (Å²) < 4.78 is 5.99. The molecule has 2 heterocycles. The molecular weight excluding hydrogens is 450 g/mol. The van der Waals surface area contributed by atoms with Gasteiger partial charge in [-0.05, 0) is 68.2 Å². The minimum Gasteiger partial charge on any atom is -0.484 e. The van der Waals surface area contributed by atoms with Gasteiger partial charge in [0.1, 0.15) is 5.75 Å². The van der Waals surface area contributed by atoms with Crippen LogP contribution in [0.15, 0.2) is 48.5 Å². The minimum atomic E-state index is -0.00447. The van der Waals surface area contributed by atoms with Gasteiger partial charge in [0.15, 0.2) is 6.61 Å². The van der Waals surface area contributed by atoms with Gasteiger partial charge in [-0.15, -0.1) is 0 Å². The SMILES string of the molecule is CC(=O)N1CCC2CCCC(CN(C(=O)COc3ccccc3C)Cc3ccccc31)N2CC1CC1. The van der Waals surface area contributed by atoms with E-state index in [0.717, 1.165) is 54.4 Å². The summed E-state index contributed by atoms with van der Waals surface area (Å²) in [6.45, 7) is 6.68. The lowest BCUT2D eigenvalue weighted by Gasteiger charge is -2.44. The maximum atomic E-state index is 13.7. The van der Waals surface area contributed by atoms with Crippen molar-refractivity contribution in [3.05, 3.63) is 59.7 Å². The molecule has 3 aliphatic rings. The van der Waals surface area contributed by atoms with Crippen molar-refractivity contribution in [3.63, 3.8) is 0 Å². The van der Waals surface area contributed by atoms with Gasteiger partial charge in [0, 0.05) is 50.9 Å². The fourth-order valence-corrected chi connectivity index (χ4v) is 5.92. The number of carbonyl (C=O) groups is 2. The molecule has 36 heavy (non-hydrogen) atoms. The lowest BCUT2D eigenvalue weighted by atomic mass is 9.92. The van der Waals surface area contributed by atoms with Crippen molar-refractivity contribution in [1.82, 2.24) is 9.80 Å². The normalized spacial score (nSPS) is 22.9. The molecule has 1 saturated heterocycles. The van der Waals surface area contributed by atoms with Crippen molar-refractivity contribution >= 4 is 17.5 Å². The number of aryl methyl sites for hydroxylation is 1. The van der Waals surface area contributed by atoms with E-state index < -0.39 is 0 Å². The highest BCUT2D eigenvalue weighted by Gasteiger charge is 2.37. The topological polar surface area (TPSA) is 53.1 Å². The van der Waals surface area contributed by atoms with Crippen molar-refractivity contribution in [1.29, 1.82) is 0 Å². The van der Waals surface area contributed by atoms with Crippen LogP contribution in [-0.4, -0.2) is 59.9 Å². The summed E-state index contributed by atoms with van der Waals surface area (Å²) in [7, 11) is 0. The Morgan fingerprint density at radius 1 is 0.944 bits per heavy atom. The lowest BCUT2D eigenvalue weighted by molar-refractivity contribution is -0.135. The second kappa shape index (κ2) is 11.0. The van der Waals surface area contributed by atoms with E-state index in [1.807, 2.05) is 59.2 Å². The van der Waals surface area contributed by atoms with Gasteiger partial charge in [-0.1, -0.05) is 42.8 Å². The molecule has 2 amide bonds. The molecule has 0 spiro atoms. The molecule has 2 atom stereocenters. The van der Waals surface area contributed by atoms with Crippen LogP contribution in [0, 0.1) is 12.8 Å². The maximum Gasteiger partial charge on any atom is 0.260 e. The molecule has 1 aliphatic carbocycles. The first kappa shape index (κ1) is 24.8. The molecule has 1 saturated carbocycles. The molecular formula is C30H39N3O3. The average molecular weight is 490 g/mol. The van der Waals surface area contributed by atoms with Crippen molar-refractivity contribution < 1.29 is 14.3 Å². The Kier molecular flexibility index (Phi) is 7.61. The molecule has 6 heteroatoms. The van der Waals surface area contributed by atoms with Crippen LogP contribution in [0.2, 0.25) is 0 Å². The predicted molar refractivity (Wildman–Crippen MR) is 142 cm³/mol. The van der Waals surface area contributed by atoms with Gasteiger partial charge < -0.3 is 14.5 Å². The fraction of sp³-hybridized carbons (Fsp3) is 0.533. The fourth-order valence-electron chi connectivity index (χ4n) is 5.92. The Hall–Kier alpha value is -2.86. The standard InChI is InChI=1S/C30H39N3O3/c1-22-8-3-6-13-29(22)36-21-30(35)31-19-25-9-4-5-12-28(25)32(23(2)34)17-16-26-10-7-11-27(20-31)33(26)18-24-14-15-24/h3-6,8-9,12-13,24,26-27H,7,10-11,14-21H2,1-2H3. The molecule has 0 aromatic heterocycles. The number of ether oxygens (including phenoxy) is 1. The van der Waals surface area contributed by atoms with Gasteiger partial charge in [-0.2, -0.15) is 0 Å². The summed E-state index contributed by atoms with van der Waals surface area (Å²) in [5, 5.41) is 0. The molecule has 2 unspecified atom stereocenters. The van der Waals surface area contributed by atoms with Gasteiger partial charge in [0.05, 0.1) is 0 Å². The number of piperidine rings is 1. The van der Waals surface area contributed by atoms with E-state index in [-0.39, 0.29) is 18.4 Å². The van der Waals surface area contributed by atoms with E-state index in [9.17, 15) is 9.59 Å². The van der Waals surface area contributed by atoms with E-state index in [4.69, 9.17) is 4.74 Å². The highest BCUT2D eigenvalue weighted by molar-refractivity contribution is 5.92. The molecule has 2 aromatic rings. The first-order chi connectivity index (χ1) is 17.5. The minimum absolute atomic E-state index is 0.00447. The summed E-state index contributed by atoms with van der Waals surface area (Å²) in [6.07, 6.45) is 7.05. The number of anilines is 1. The number of rotatable bonds is 5. The third-order valence-corrected chi connectivity index (χ3v) is 8.12. The average Bonchev–Trinajstić information content (AvgIpc) is 3.69. The number of carbonyl (C=O) groups excluding carboxylic acids is 2. The molecule has 2 bridgehead atoms. The molecule has 2 aliphatic heterocycles. The summed E-state index contributed by atoms with van der Waals surface area (Å²) in [5.74, 6) is 1.59. The van der Waals surface area contributed by atoms with Gasteiger partial charge in [0.25, 0.3) is 5.91 Å². The number of nitrogens with zero attached hydrogens (tertiary/aromatic N) is 3. The molecule has 2 aromatic carbocycles. The quantitative estimate of drug-likeness (QED) is 0.606. The molecule has 0 N–H and O–H groups in total. The number of hydrogen-bond donors (Lipinski definition) is 0. The Balaban J connectivity index is 1.45. The van der Waals surface area contributed by atoms with Gasteiger partial charge >= 0.3 is 0 Å². The number of amides is 2. The number of benzene rings is 2. The Bertz CT molecular complexity index is 1080. The summed E-state index contributed by atoms with van der Waals surface area (Å²) in [6, 6.07) is 16.7. The van der Waals surface area contributed by atoms with Crippen LogP contribution in [0.4, 0.5) is 5.69 Å².